The van der Waals surface area contributed by atoms with E-state index in [1.54, 1.807) is 0 Å². The average Bonchev–Trinajstić information content (AvgIpc) is 2.03. The molecule has 0 saturated carbocycles. The highest BCUT2D eigenvalue weighted by Gasteiger charge is 2.08. The fourth-order valence-corrected chi connectivity index (χ4v) is 0.438. The van der Waals surface area contributed by atoms with Crippen LogP contribution in [-0.4, -0.2) is 33.6 Å². The molecule has 0 aliphatic carbocycles. The van der Waals surface area contributed by atoms with Crippen molar-refractivity contribution in [3.05, 3.63) is 0 Å². The molecule has 86 valence electrons. The van der Waals surface area contributed by atoms with Gasteiger partial charge >= 0.3 is 14.2 Å². The highest BCUT2D eigenvalue weighted by atomic mass is 31.1. The van der Waals surface area contributed by atoms with Crippen LogP contribution in [0.25, 0.3) is 0 Å². The number of rotatable bonds is 4. The molecule has 0 aliphatic rings. The van der Waals surface area contributed by atoms with Crippen LogP contribution in [0.15, 0.2) is 0 Å². The zero-order valence-corrected chi connectivity index (χ0v) is 9.27. The molecule has 0 aliphatic heterocycles. The van der Waals surface area contributed by atoms with E-state index in [2.05, 4.69) is 4.74 Å². The van der Waals surface area contributed by atoms with E-state index in [0.29, 0.717) is 6.61 Å². The van der Waals surface area contributed by atoms with E-state index in [0.717, 1.165) is 12.8 Å². The van der Waals surface area contributed by atoms with Gasteiger partial charge in [-0.05, 0) is 13.3 Å². The van der Waals surface area contributed by atoms with Crippen LogP contribution in [0.5, 0.6) is 0 Å². The van der Waals surface area contributed by atoms with Crippen LogP contribution >= 0.6 is 8.25 Å². The summed E-state index contributed by atoms with van der Waals surface area (Å²) in [7, 11) is -3.13. The fourth-order valence-electron chi connectivity index (χ4n) is 0.438. The first-order valence-electron chi connectivity index (χ1n) is 4.18. The number of aliphatic hydroxyl groups excluding tert-OH is 1. The Balaban J connectivity index is 0. The predicted molar refractivity (Wildman–Crippen MR) is 51.0 cm³/mol. The van der Waals surface area contributed by atoms with Crippen LogP contribution in [0.1, 0.15) is 26.7 Å². The van der Waals surface area contributed by atoms with Gasteiger partial charge in [-0.15, -0.1) is 0 Å². The third kappa shape index (κ3) is 17.6. The topological polar surface area (TPSA) is 104 Å². The summed E-state index contributed by atoms with van der Waals surface area (Å²) in [6.07, 6.45) is 0.864. The maximum atomic E-state index is 10.5. The van der Waals surface area contributed by atoms with Crippen molar-refractivity contribution in [2.75, 3.05) is 6.61 Å². The van der Waals surface area contributed by atoms with Crippen molar-refractivity contribution in [3.8, 4) is 0 Å². The predicted octanol–water partition coefficient (Wildman–Crippen LogP) is 0.0712. The minimum Gasteiger partial charge on any atom is -0.464 e. The van der Waals surface area contributed by atoms with Gasteiger partial charge in [0, 0.05) is 0 Å². The van der Waals surface area contributed by atoms with Gasteiger partial charge in [0.05, 0.1) is 6.61 Å². The Labute approximate surface area is 83.5 Å². The molecular weight excluding hydrogens is 211 g/mol. The second-order valence-corrected chi connectivity index (χ2v) is 3.04. The Bertz CT molecular complexity index is 166. The van der Waals surface area contributed by atoms with E-state index in [4.69, 9.17) is 19.5 Å². The number of esters is 1. The van der Waals surface area contributed by atoms with E-state index >= 15 is 0 Å². The van der Waals surface area contributed by atoms with Crippen molar-refractivity contribution < 1.29 is 29.0 Å². The smallest absolute Gasteiger partial charge is 0.334 e. The zero-order valence-electron chi connectivity index (χ0n) is 8.27. The number of hydrogen-bond donors (Lipinski definition) is 3. The van der Waals surface area contributed by atoms with Gasteiger partial charge in [-0.3, -0.25) is 4.57 Å². The van der Waals surface area contributed by atoms with Crippen molar-refractivity contribution in [1.82, 2.24) is 0 Å². The normalized spacial score (nSPS) is 11.6. The van der Waals surface area contributed by atoms with Crippen LogP contribution in [0.4, 0.5) is 0 Å². The molecular formula is C7H17O6P. The van der Waals surface area contributed by atoms with E-state index in [-0.39, 0.29) is 0 Å². The lowest BCUT2D eigenvalue weighted by Crippen LogP contribution is -2.19. The van der Waals surface area contributed by atoms with Crippen LogP contribution in [0, 0.1) is 0 Å². The summed E-state index contributed by atoms with van der Waals surface area (Å²) in [5.74, 6) is -0.534. The van der Waals surface area contributed by atoms with Crippen molar-refractivity contribution in [1.29, 1.82) is 0 Å². The van der Waals surface area contributed by atoms with Gasteiger partial charge < -0.3 is 19.6 Å². The van der Waals surface area contributed by atoms with Crippen LogP contribution < -0.4 is 0 Å². The average molecular weight is 228 g/mol. The lowest BCUT2D eigenvalue weighted by atomic mass is 10.3. The Kier molecular flexibility index (Phi) is 12.2. The van der Waals surface area contributed by atoms with Crippen LogP contribution in [-0.2, 0) is 14.1 Å². The van der Waals surface area contributed by atoms with E-state index in [9.17, 15) is 4.79 Å². The van der Waals surface area contributed by atoms with E-state index in [1.165, 1.54) is 6.92 Å². The number of aliphatic hydroxyl groups is 1. The molecule has 0 spiro atoms. The molecule has 0 heterocycles. The molecule has 1 unspecified atom stereocenters. The number of unbranched alkanes of at least 4 members (excludes halogenated alkanes) is 1. The molecule has 1 atom stereocenters. The van der Waals surface area contributed by atoms with Crippen molar-refractivity contribution in [2.24, 2.45) is 0 Å². The Morgan fingerprint density at radius 1 is 1.50 bits per heavy atom. The van der Waals surface area contributed by atoms with E-state index in [1.807, 2.05) is 6.92 Å². The van der Waals surface area contributed by atoms with Gasteiger partial charge in [0.15, 0.2) is 0 Å². The second-order valence-electron chi connectivity index (χ2n) is 2.48. The highest BCUT2D eigenvalue weighted by molar-refractivity contribution is 7.30. The maximum Gasteiger partial charge on any atom is 0.334 e. The van der Waals surface area contributed by atoms with Crippen molar-refractivity contribution >= 4 is 14.2 Å². The van der Waals surface area contributed by atoms with Crippen LogP contribution in [0.2, 0.25) is 0 Å². The summed E-state index contributed by atoms with van der Waals surface area (Å²) >= 11 is 0. The van der Waals surface area contributed by atoms with Crippen LogP contribution in [0.3, 0.4) is 0 Å². The summed E-state index contributed by atoms with van der Waals surface area (Å²) < 4.78 is 13.4. The fraction of sp³-hybridized carbons (Fsp3) is 0.857. The molecule has 0 saturated heterocycles. The Morgan fingerprint density at radius 3 is 2.21 bits per heavy atom. The standard InChI is InChI=1S/C7H14O3.H3O3P/c1-3-4-5-10-7(9)6(2)8;1-4(2)3/h6,8H,3-5H2,1-2H3;4H,(H2,1,2,3). The minimum atomic E-state index is -3.13. The largest absolute Gasteiger partial charge is 0.464 e. The molecule has 3 N–H and O–H groups in total. The maximum absolute atomic E-state index is 10.5. The van der Waals surface area contributed by atoms with Gasteiger partial charge in [0.1, 0.15) is 6.10 Å². The Morgan fingerprint density at radius 2 is 1.93 bits per heavy atom. The molecule has 0 amide bonds. The number of hydrogen-bond acceptors (Lipinski definition) is 4. The molecule has 0 bridgehead atoms. The van der Waals surface area contributed by atoms with Gasteiger partial charge in [-0.2, -0.15) is 0 Å². The first-order valence-corrected chi connectivity index (χ1v) is 5.48. The summed E-state index contributed by atoms with van der Waals surface area (Å²) in [5, 5.41) is 8.65. The summed E-state index contributed by atoms with van der Waals surface area (Å²) in [4.78, 5) is 24.9. The highest BCUT2D eigenvalue weighted by Crippen LogP contribution is 1.98. The molecule has 0 aromatic carbocycles. The SMILES string of the molecule is CCCCOC(=O)C(C)O.O=[PH](O)O. The first-order chi connectivity index (χ1) is 6.41. The monoisotopic (exact) mass is 228 g/mol. The lowest BCUT2D eigenvalue weighted by molar-refractivity contribution is -0.152. The third-order valence-corrected chi connectivity index (χ3v) is 1.08. The molecule has 0 aromatic heterocycles. The van der Waals surface area contributed by atoms with E-state index < -0.39 is 20.3 Å². The number of carbonyl (C=O) groups is 1. The van der Waals surface area contributed by atoms with Gasteiger partial charge in [0.2, 0.25) is 0 Å². The second kappa shape index (κ2) is 10.7. The minimum absolute atomic E-state index is 0.417. The molecule has 0 rings (SSSR count). The van der Waals surface area contributed by atoms with Gasteiger partial charge in [-0.25, -0.2) is 4.79 Å². The molecule has 6 nitrogen and oxygen atoms in total. The Hall–Kier alpha value is -0.420. The molecule has 14 heavy (non-hydrogen) atoms. The zero-order chi connectivity index (χ0) is 11.6. The van der Waals surface area contributed by atoms with Crippen molar-refractivity contribution in [3.63, 3.8) is 0 Å². The first kappa shape index (κ1) is 16.0. The van der Waals surface area contributed by atoms with Gasteiger partial charge in [-0.1, -0.05) is 13.3 Å². The van der Waals surface area contributed by atoms with Gasteiger partial charge in [0.25, 0.3) is 0 Å². The lowest BCUT2D eigenvalue weighted by Gasteiger charge is -2.04. The number of ether oxygens (including phenoxy) is 1. The quantitative estimate of drug-likeness (QED) is 0.357. The summed E-state index contributed by atoms with van der Waals surface area (Å²) in [6, 6.07) is 0. The molecule has 0 aromatic rings. The number of carbonyl (C=O) groups excluding carboxylic acids is 1. The molecule has 7 heteroatoms. The third-order valence-electron chi connectivity index (χ3n) is 1.08. The van der Waals surface area contributed by atoms with Crippen molar-refractivity contribution in [2.45, 2.75) is 32.8 Å². The summed E-state index contributed by atoms with van der Waals surface area (Å²) in [5.41, 5.74) is 0. The molecule has 0 radical (unpaired) electrons. The molecule has 0 fully saturated rings. The summed E-state index contributed by atoms with van der Waals surface area (Å²) in [6.45, 7) is 3.82.